The predicted octanol–water partition coefficient (Wildman–Crippen LogP) is 6.46. The van der Waals surface area contributed by atoms with Gasteiger partial charge in [0, 0.05) is 20.2 Å². The molecule has 1 amide bonds. The van der Waals surface area contributed by atoms with E-state index in [1.165, 1.54) is 37.9 Å². The molecule has 0 bridgehead atoms. The number of rotatable bonds is 20. The quantitative estimate of drug-likeness (QED) is 0.114. The van der Waals surface area contributed by atoms with Crippen LogP contribution in [-0.4, -0.2) is 73.5 Å². The number of hydrogen-bond acceptors (Lipinski definition) is 6. The Morgan fingerprint density at radius 3 is 2.11 bits per heavy atom. The molecule has 0 saturated carbocycles. The number of aryl methyl sites for hydroxylation is 4. The van der Waals surface area contributed by atoms with Crippen LogP contribution in [-0.2, 0) is 41.4 Å². The summed E-state index contributed by atoms with van der Waals surface area (Å²) >= 11 is 0. The lowest BCUT2D eigenvalue weighted by Crippen LogP contribution is -2.50. The van der Waals surface area contributed by atoms with Gasteiger partial charge in [0.05, 0.1) is 6.61 Å². The third-order valence-electron chi connectivity index (χ3n) is 8.08. The molecular weight excluding hydrogens is 570 g/mol. The number of fused-ring (bicyclic) bond motifs is 1. The maximum absolute atomic E-state index is 13.5. The maximum Gasteiger partial charge on any atom is 0.336 e. The van der Waals surface area contributed by atoms with Crippen LogP contribution >= 0.6 is 0 Å². The molecule has 244 valence electrons. The Kier molecular flexibility index (Phi) is 15.0. The van der Waals surface area contributed by atoms with Gasteiger partial charge in [-0.05, 0) is 92.3 Å². The number of unbranched alkanes of at least 4 members (excludes halogenated alkanes) is 4. The van der Waals surface area contributed by atoms with Crippen LogP contribution in [0.1, 0.15) is 67.7 Å². The van der Waals surface area contributed by atoms with Crippen molar-refractivity contribution in [2.24, 2.45) is 0 Å². The van der Waals surface area contributed by atoms with E-state index in [1.54, 1.807) is 14.0 Å². The molecule has 3 rings (SSSR count). The first kappa shape index (κ1) is 35.7. The number of ether oxygens (including phenoxy) is 3. The number of aliphatic carboxylic acids is 1. The van der Waals surface area contributed by atoms with Gasteiger partial charge in [0.15, 0.2) is 12.2 Å². The van der Waals surface area contributed by atoms with Crippen molar-refractivity contribution in [2.75, 3.05) is 33.4 Å². The average Bonchev–Trinajstić information content (AvgIpc) is 3.02. The van der Waals surface area contributed by atoms with Crippen LogP contribution in [0, 0.1) is 13.8 Å². The molecule has 3 aromatic carbocycles. The van der Waals surface area contributed by atoms with Gasteiger partial charge in [0.25, 0.3) is 5.91 Å². The highest BCUT2D eigenvalue weighted by Gasteiger charge is 2.38. The van der Waals surface area contributed by atoms with E-state index in [-0.39, 0.29) is 13.2 Å². The van der Waals surface area contributed by atoms with Gasteiger partial charge >= 0.3 is 11.9 Å². The molecule has 0 fully saturated rings. The molecule has 45 heavy (non-hydrogen) atoms. The smallest absolute Gasteiger partial charge is 0.336 e. The second-order valence-corrected chi connectivity index (χ2v) is 11.6. The van der Waals surface area contributed by atoms with Crippen LogP contribution in [0.5, 0.6) is 0 Å². The molecule has 0 aliphatic rings. The molecule has 3 aromatic rings. The number of esters is 1. The van der Waals surface area contributed by atoms with Crippen LogP contribution in [0.2, 0.25) is 0 Å². The standard InChI is InChI=1S/C37H49NO7/c1-5-43-33(39)26-45-35(37(41)42)34(44-23-13-7-9-14-29-19-18-27(2)28(3)24-29)36(40)38(4)22-12-6-8-15-30-20-21-31-16-10-11-17-32(31)25-30/h10-11,16-21,24-25,34-35H,5-9,12-15,22-23,26H2,1-4H3,(H,41,42)/t34-,35-/m1/s1. The van der Waals surface area contributed by atoms with Crippen molar-refractivity contribution in [2.45, 2.75) is 84.3 Å². The lowest BCUT2D eigenvalue weighted by atomic mass is 10.0. The van der Waals surface area contributed by atoms with Crippen molar-refractivity contribution in [1.82, 2.24) is 4.90 Å². The Balaban J connectivity index is 1.50. The molecule has 0 radical (unpaired) electrons. The topological polar surface area (TPSA) is 102 Å². The van der Waals surface area contributed by atoms with Gasteiger partial charge in [0.1, 0.15) is 6.61 Å². The number of hydrogen-bond donors (Lipinski definition) is 1. The monoisotopic (exact) mass is 619 g/mol. The SMILES string of the molecule is CCOC(=O)CO[C@@H](C(=O)O)[C@@H](OCCCCCc1ccc(C)c(C)c1)C(=O)N(C)CCCCCc1ccc2ccccc2c1. The minimum Gasteiger partial charge on any atom is -0.479 e. The van der Waals surface area contributed by atoms with Gasteiger partial charge in [-0.1, -0.05) is 73.5 Å². The minimum atomic E-state index is -1.63. The number of carbonyl (C=O) groups is 3. The molecule has 0 spiro atoms. The second-order valence-electron chi connectivity index (χ2n) is 11.6. The Hall–Kier alpha value is -3.75. The van der Waals surface area contributed by atoms with Crippen LogP contribution in [0.25, 0.3) is 10.8 Å². The van der Waals surface area contributed by atoms with E-state index in [0.717, 1.165) is 44.9 Å². The first-order valence-corrected chi connectivity index (χ1v) is 16.1. The van der Waals surface area contributed by atoms with Crippen LogP contribution in [0.4, 0.5) is 0 Å². The number of carbonyl (C=O) groups excluding carboxylic acids is 2. The fourth-order valence-electron chi connectivity index (χ4n) is 5.29. The number of carboxylic acids is 1. The molecule has 0 saturated heterocycles. The summed E-state index contributed by atoms with van der Waals surface area (Å²) < 4.78 is 16.2. The average molecular weight is 620 g/mol. The molecule has 2 atom stereocenters. The van der Waals surface area contributed by atoms with E-state index in [2.05, 4.69) is 62.4 Å². The van der Waals surface area contributed by atoms with E-state index in [0.29, 0.717) is 13.0 Å². The molecule has 1 N–H and O–H groups in total. The van der Waals surface area contributed by atoms with E-state index >= 15 is 0 Å². The number of carboxylic acid groups (broad SMARTS) is 1. The van der Waals surface area contributed by atoms with Crippen molar-refractivity contribution < 1.29 is 33.7 Å². The predicted molar refractivity (Wildman–Crippen MR) is 176 cm³/mol. The van der Waals surface area contributed by atoms with Gasteiger partial charge in [-0.3, -0.25) is 4.79 Å². The van der Waals surface area contributed by atoms with Crippen LogP contribution < -0.4 is 0 Å². The van der Waals surface area contributed by atoms with Crippen LogP contribution in [0.3, 0.4) is 0 Å². The Morgan fingerprint density at radius 1 is 0.756 bits per heavy atom. The zero-order chi connectivity index (χ0) is 32.6. The third kappa shape index (κ3) is 11.9. The van der Waals surface area contributed by atoms with Crippen LogP contribution in [0.15, 0.2) is 60.7 Å². The van der Waals surface area contributed by atoms with Crippen molar-refractivity contribution in [1.29, 1.82) is 0 Å². The fraction of sp³-hybridized carbons (Fsp3) is 0.486. The summed E-state index contributed by atoms with van der Waals surface area (Å²) in [5.74, 6) is -2.53. The lowest BCUT2D eigenvalue weighted by molar-refractivity contribution is -0.177. The lowest BCUT2D eigenvalue weighted by Gasteiger charge is -2.28. The van der Waals surface area contributed by atoms with Gasteiger partial charge in [-0.2, -0.15) is 0 Å². The maximum atomic E-state index is 13.5. The summed E-state index contributed by atoms with van der Waals surface area (Å²) in [5.41, 5.74) is 5.11. The molecule has 8 heteroatoms. The highest BCUT2D eigenvalue weighted by Crippen LogP contribution is 2.18. The molecule has 0 heterocycles. The number of nitrogens with zero attached hydrogens (tertiary/aromatic N) is 1. The van der Waals surface area contributed by atoms with E-state index in [4.69, 9.17) is 14.2 Å². The first-order chi connectivity index (χ1) is 21.7. The van der Waals surface area contributed by atoms with Gasteiger partial charge in [0.2, 0.25) is 0 Å². The summed E-state index contributed by atoms with van der Waals surface area (Å²) in [7, 11) is 1.65. The van der Waals surface area contributed by atoms with Crippen molar-refractivity contribution in [3.63, 3.8) is 0 Å². The summed E-state index contributed by atoms with van der Waals surface area (Å²) in [6.07, 6.45) is 4.01. The van der Waals surface area contributed by atoms with E-state index < -0.39 is 36.7 Å². The Labute approximate surface area is 267 Å². The minimum absolute atomic E-state index is 0.143. The van der Waals surface area contributed by atoms with Crippen molar-refractivity contribution >= 4 is 28.6 Å². The normalized spacial score (nSPS) is 12.5. The summed E-state index contributed by atoms with van der Waals surface area (Å²) in [5, 5.41) is 12.4. The Bertz CT molecular complexity index is 1390. The molecular formula is C37H49NO7. The van der Waals surface area contributed by atoms with Gasteiger partial charge in [-0.25, -0.2) is 9.59 Å². The van der Waals surface area contributed by atoms with Gasteiger partial charge in [-0.15, -0.1) is 0 Å². The summed E-state index contributed by atoms with van der Waals surface area (Å²) in [6.45, 7) is 6.08. The number of amides is 1. The first-order valence-electron chi connectivity index (χ1n) is 16.1. The molecule has 0 unspecified atom stereocenters. The highest BCUT2D eigenvalue weighted by atomic mass is 16.6. The molecule has 0 aromatic heterocycles. The fourth-order valence-corrected chi connectivity index (χ4v) is 5.29. The van der Waals surface area contributed by atoms with Crippen molar-refractivity contribution in [3.8, 4) is 0 Å². The molecule has 8 nitrogen and oxygen atoms in total. The summed E-state index contributed by atoms with van der Waals surface area (Å²) in [4.78, 5) is 39.0. The number of benzene rings is 3. The van der Waals surface area contributed by atoms with Gasteiger partial charge < -0.3 is 24.2 Å². The molecule has 0 aliphatic carbocycles. The molecule has 0 aliphatic heterocycles. The zero-order valence-electron chi connectivity index (χ0n) is 27.3. The van der Waals surface area contributed by atoms with Crippen molar-refractivity contribution in [3.05, 3.63) is 82.9 Å². The second kappa shape index (κ2) is 18.9. The summed E-state index contributed by atoms with van der Waals surface area (Å²) in [6, 6.07) is 21.3. The number of likely N-dealkylation sites (N-methyl/N-ethyl adjacent to an activating group) is 1. The van der Waals surface area contributed by atoms with E-state index in [1.807, 2.05) is 12.1 Å². The highest BCUT2D eigenvalue weighted by molar-refractivity contribution is 5.88. The third-order valence-corrected chi connectivity index (χ3v) is 8.08. The zero-order valence-corrected chi connectivity index (χ0v) is 27.3. The largest absolute Gasteiger partial charge is 0.479 e. The van der Waals surface area contributed by atoms with E-state index in [9.17, 15) is 19.5 Å². The Morgan fingerprint density at radius 2 is 1.42 bits per heavy atom.